The third kappa shape index (κ3) is 7.77. The van der Waals surface area contributed by atoms with Gasteiger partial charge in [-0.25, -0.2) is 4.99 Å². The van der Waals surface area contributed by atoms with Crippen LogP contribution >= 0.6 is 0 Å². The van der Waals surface area contributed by atoms with Crippen molar-refractivity contribution in [2.75, 3.05) is 46.0 Å². The first-order valence-electron chi connectivity index (χ1n) is 10.1. The quantitative estimate of drug-likeness (QED) is 0.512. The molecule has 1 heterocycles. The standard InChI is InChI=1S/C21H36N4O2/c1-5-22-21(23-14-18(4)25-10-12-26-13-11-25)24-15-19-8-6-7-9-20(19)27-16-17(2)3/h6-9,17-18H,5,10-16H2,1-4H3,(H2,22,23,24). The van der Waals surface area contributed by atoms with Gasteiger partial charge in [-0.3, -0.25) is 4.90 Å². The maximum atomic E-state index is 5.94. The lowest BCUT2D eigenvalue weighted by molar-refractivity contribution is 0.0211. The normalized spacial score (nSPS) is 17.0. The molecular weight excluding hydrogens is 340 g/mol. The Bertz CT molecular complexity index is 571. The molecule has 1 fully saturated rings. The average Bonchev–Trinajstić information content (AvgIpc) is 2.69. The van der Waals surface area contributed by atoms with Crippen LogP contribution in [0.4, 0.5) is 0 Å². The van der Waals surface area contributed by atoms with Gasteiger partial charge in [0.25, 0.3) is 0 Å². The third-order valence-electron chi connectivity index (χ3n) is 4.53. The molecule has 27 heavy (non-hydrogen) atoms. The predicted octanol–water partition coefficient (Wildman–Crippen LogP) is 2.50. The van der Waals surface area contributed by atoms with Crippen molar-refractivity contribution >= 4 is 5.96 Å². The number of guanidine groups is 1. The molecule has 0 radical (unpaired) electrons. The summed E-state index contributed by atoms with van der Waals surface area (Å²) in [5, 5.41) is 6.81. The second-order valence-electron chi connectivity index (χ2n) is 7.39. The highest BCUT2D eigenvalue weighted by Gasteiger charge is 2.17. The minimum Gasteiger partial charge on any atom is -0.493 e. The Morgan fingerprint density at radius 1 is 1.19 bits per heavy atom. The van der Waals surface area contributed by atoms with Crippen molar-refractivity contribution in [3.05, 3.63) is 29.8 Å². The Kier molecular flexibility index (Phi) is 9.42. The second-order valence-corrected chi connectivity index (χ2v) is 7.39. The van der Waals surface area contributed by atoms with Crippen LogP contribution in [0.3, 0.4) is 0 Å². The molecule has 2 rings (SSSR count). The van der Waals surface area contributed by atoms with Crippen molar-refractivity contribution in [3.63, 3.8) is 0 Å². The molecule has 0 aromatic heterocycles. The predicted molar refractivity (Wildman–Crippen MR) is 111 cm³/mol. The van der Waals surface area contributed by atoms with E-state index in [0.29, 0.717) is 18.5 Å². The molecule has 0 aliphatic carbocycles. The van der Waals surface area contributed by atoms with Gasteiger partial charge < -0.3 is 20.1 Å². The van der Waals surface area contributed by atoms with Crippen molar-refractivity contribution in [1.82, 2.24) is 15.5 Å². The number of ether oxygens (including phenoxy) is 2. The number of morpholine rings is 1. The largest absolute Gasteiger partial charge is 0.493 e. The fourth-order valence-electron chi connectivity index (χ4n) is 2.93. The molecule has 1 aliphatic heterocycles. The van der Waals surface area contributed by atoms with E-state index >= 15 is 0 Å². The van der Waals surface area contributed by atoms with Gasteiger partial charge in [0.2, 0.25) is 0 Å². The van der Waals surface area contributed by atoms with E-state index in [0.717, 1.165) is 63.3 Å². The van der Waals surface area contributed by atoms with Crippen LogP contribution in [-0.2, 0) is 11.3 Å². The van der Waals surface area contributed by atoms with Gasteiger partial charge in [0.1, 0.15) is 5.75 Å². The number of hydrogen-bond acceptors (Lipinski definition) is 4. The third-order valence-corrected chi connectivity index (χ3v) is 4.53. The topological polar surface area (TPSA) is 58.1 Å². The van der Waals surface area contributed by atoms with Gasteiger partial charge in [-0.15, -0.1) is 0 Å². The summed E-state index contributed by atoms with van der Waals surface area (Å²) in [5.74, 6) is 2.27. The van der Waals surface area contributed by atoms with Gasteiger partial charge in [-0.1, -0.05) is 32.0 Å². The van der Waals surface area contributed by atoms with Crippen LogP contribution in [0.1, 0.15) is 33.3 Å². The average molecular weight is 377 g/mol. The molecule has 0 amide bonds. The fourth-order valence-corrected chi connectivity index (χ4v) is 2.93. The fraction of sp³-hybridized carbons (Fsp3) is 0.667. The monoisotopic (exact) mass is 376 g/mol. The van der Waals surface area contributed by atoms with Crippen LogP contribution in [0.2, 0.25) is 0 Å². The van der Waals surface area contributed by atoms with Crippen LogP contribution in [0.5, 0.6) is 5.75 Å². The Morgan fingerprint density at radius 3 is 2.63 bits per heavy atom. The first kappa shape index (κ1) is 21.5. The molecule has 152 valence electrons. The Labute approximate surface area is 164 Å². The number of para-hydroxylation sites is 1. The second kappa shape index (κ2) is 11.8. The molecule has 0 saturated carbocycles. The molecule has 0 bridgehead atoms. The maximum Gasteiger partial charge on any atom is 0.191 e. The lowest BCUT2D eigenvalue weighted by atomic mass is 10.2. The smallest absolute Gasteiger partial charge is 0.191 e. The summed E-state index contributed by atoms with van der Waals surface area (Å²) in [6, 6.07) is 8.59. The summed E-state index contributed by atoms with van der Waals surface area (Å²) in [6.45, 7) is 15.3. The number of hydrogen-bond donors (Lipinski definition) is 2. The summed E-state index contributed by atoms with van der Waals surface area (Å²) < 4.78 is 11.4. The van der Waals surface area contributed by atoms with Crippen LogP contribution in [0, 0.1) is 5.92 Å². The van der Waals surface area contributed by atoms with Crippen LogP contribution < -0.4 is 15.4 Å². The summed E-state index contributed by atoms with van der Waals surface area (Å²) in [6.07, 6.45) is 0. The molecule has 1 aromatic rings. The zero-order chi connectivity index (χ0) is 19.5. The van der Waals surface area contributed by atoms with E-state index in [9.17, 15) is 0 Å². The van der Waals surface area contributed by atoms with Crippen molar-refractivity contribution in [1.29, 1.82) is 0 Å². The minimum atomic E-state index is 0.444. The number of benzene rings is 1. The molecule has 1 aromatic carbocycles. The summed E-state index contributed by atoms with van der Waals surface area (Å²) in [5.41, 5.74) is 1.11. The molecule has 1 saturated heterocycles. The molecule has 6 nitrogen and oxygen atoms in total. The SMILES string of the molecule is CCNC(=NCc1ccccc1OCC(C)C)NCC(C)N1CCOCC1. The molecule has 1 atom stereocenters. The minimum absolute atomic E-state index is 0.444. The van der Waals surface area contributed by atoms with Crippen molar-refractivity contribution in [2.24, 2.45) is 10.9 Å². The van der Waals surface area contributed by atoms with E-state index in [1.165, 1.54) is 0 Å². The molecule has 6 heteroatoms. The highest BCUT2D eigenvalue weighted by molar-refractivity contribution is 5.79. The number of nitrogens with one attached hydrogen (secondary N) is 2. The Morgan fingerprint density at radius 2 is 1.93 bits per heavy atom. The Hall–Kier alpha value is -1.79. The van der Waals surface area contributed by atoms with E-state index in [2.05, 4.69) is 49.3 Å². The van der Waals surface area contributed by atoms with Crippen molar-refractivity contribution in [2.45, 2.75) is 40.3 Å². The van der Waals surface area contributed by atoms with Crippen molar-refractivity contribution < 1.29 is 9.47 Å². The zero-order valence-corrected chi connectivity index (χ0v) is 17.3. The zero-order valence-electron chi connectivity index (χ0n) is 17.3. The lowest BCUT2D eigenvalue weighted by Gasteiger charge is -2.32. The van der Waals surface area contributed by atoms with Crippen LogP contribution in [0.15, 0.2) is 29.3 Å². The van der Waals surface area contributed by atoms with Gasteiger partial charge >= 0.3 is 0 Å². The highest BCUT2D eigenvalue weighted by Crippen LogP contribution is 2.19. The lowest BCUT2D eigenvalue weighted by Crippen LogP contribution is -2.49. The van der Waals surface area contributed by atoms with E-state index in [4.69, 9.17) is 14.5 Å². The first-order valence-corrected chi connectivity index (χ1v) is 10.1. The number of aliphatic imine (C=N–C) groups is 1. The van der Waals surface area contributed by atoms with Gasteiger partial charge in [-0.05, 0) is 25.8 Å². The number of rotatable bonds is 9. The molecule has 0 spiro atoms. The van der Waals surface area contributed by atoms with Gasteiger partial charge in [-0.2, -0.15) is 0 Å². The van der Waals surface area contributed by atoms with Crippen molar-refractivity contribution in [3.8, 4) is 5.75 Å². The molecular formula is C21H36N4O2. The van der Waals surface area contributed by atoms with Gasteiger partial charge in [0, 0.05) is 37.8 Å². The van der Waals surface area contributed by atoms with Gasteiger partial charge in [0.05, 0.1) is 26.4 Å². The summed E-state index contributed by atoms with van der Waals surface area (Å²) >= 11 is 0. The van der Waals surface area contributed by atoms with Crippen LogP contribution in [-0.4, -0.2) is 62.9 Å². The number of nitrogens with zero attached hydrogens (tertiary/aromatic N) is 2. The Balaban J connectivity index is 1.92. The highest BCUT2D eigenvalue weighted by atomic mass is 16.5. The first-order chi connectivity index (χ1) is 13.1. The molecule has 1 unspecified atom stereocenters. The van der Waals surface area contributed by atoms with E-state index < -0.39 is 0 Å². The summed E-state index contributed by atoms with van der Waals surface area (Å²) in [4.78, 5) is 7.21. The van der Waals surface area contributed by atoms with E-state index in [1.54, 1.807) is 0 Å². The van der Waals surface area contributed by atoms with Crippen LogP contribution in [0.25, 0.3) is 0 Å². The van der Waals surface area contributed by atoms with Gasteiger partial charge in [0.15, 0.2) is 5.96 Å². The molecule has 2 N–H and O–H groups in total. The molecule has 1 aliphatic rings. The van der Waals surface area contributed by atoms with E-state index in [1.807, 2.05) is 18.2 Å². The summed E-state index contributed by atoms with van der Waals surface area (Å²) in [7, 11) is 0. The van der Waals surface area contributed by atoms with E-state index in [-0.39, 0.29) is 0 Å². The maximum absolute atomic E-state index is 5.94.